The smallest absolute Gasteiger partial charge is 0.410 e. The molecule has 0 saturated carbocycles. The highest BCUT2D eigenvalue weighted by molar-refractivity contribution is 6.30. The van der Waals surface area contributed by atoms with Gasteiger partial charge in [0.2, 0.25) is 0 Å². The summed E-state index contributed by atoms with van der Waals surface area (Å²) in [5, 5.41) is 4.10. The Bertz CT molecular complexity index is 728. The van der Waals surface area contributed by atoms with E-state index in [1.807, 2.05) is 18.2 Å². The Morgan fingerprint density at radius 3 is 2.69 bits per heavy atom. The first-order valence-electron chi connectivity index (χ1n) is 8.93. The molecule has 0 spiro atoms. The molecule has 1 amide bonds. The van der Waals surface area contributed by atoms with Gasteiger partial charge >= 0.3 is 6.09 Å². The molecule has 1 saturated heterocycles. The summed E-state index contributed by atoms with van der Waals surface area (Å²) in [7, 11) is 0. The molecule has 0 aliphatic carbocycles. The van der Waals surface area contributed by atoms with Gasteiger partial charge in [0, 0.05) is 30.9 Å². The van der Waals surface area contributed by atoms with E-state index in [9.17, 15) is 4.79 Å². The number of hydrogen-bond acceptors (Lipinski definition) is 4. The van der Waals surface area contributed by atoms with Crippen molar-refractivity contribution in [3.05, 3.63) is 58.7 Å². The number of ether oxygens (including phenoxy) is 1. The molecule has 1 aliphatic rings. The molecule has 0 unspecified atom stereocenters. The quantitative estimate of drug-likeness (QED) is 0.838. The molecular formula is C20H24ClN3O2. The van der Waals surface area contributed by atoms with Gasteiger partial charge in [0.25, 0.3) is 0 Å². The number of carbonyl (C=O) groups excluding carboxylic acids is 1. The summed E-state index contributed by atoms with van der Waals surface area (Å²) >= 11 is 5.86. The van der Waals surface area contributed by atoms with E-state index >= 15 is 0 Å². The molecule has 1 fully saturated rings. The average molecular weight is 374 g/mol. The van der Waals surface area contributed by atoms with Crippen LogP contribution in [0.4, 0.5) is 10.6 Å². The number of piperidine rings is 1. The maximum atomic E-state index is 12.2. The van der Waals surface area contributed by atoms with E-state index in [-0.39, 0.29) is 12.7 Å². The minimum atomic E-state index is -0.244. The number of hydrogen-bond donors (Lipinski definition) is 1. The van der Waals surface area contributed by atoms with Gasteiger partial charge in [-0.15, -0.1) is 0 Å². The van der Waals surface area contributed by atoms with E-state index < -0.39 is 0 Å². The fourth-order valence-electron chi connectivity index (χ4n) is 3.05. The second-order valence-corrected chi connectivity index (χ2v) is 7.10. The lowest BCUT2D eigenvalue weighted by Crippen LogP contribution is -2.40. The highest BCUT2D eigenvalue weighted by Crippen LogP contribution is 2.20. The lowest BCUT2D eigenvalue weighted by atomic mass is 9.97. The Morgan fingerprint density at radius 2 is 2.00 bits per heavy atom. The standard InChI is InChI=1S/C20H24ClN3O2/c1-15-3-2-10-22-19(15)23-13-16-8-11-24(12-9-16)20(25)26-14-17-4-6-18(21)7-5-17/h2-7,10,16H,8-9,11-14H2,1H3,(H,22,23). The maximum Gasteiger partial charge on any atom is 0.410 e. The van der Waals surface area contributed by atoms with Gasteiger partial charge in [-0.1, -0.05) is 29.8 Å². The van der Waals surface area contributed by atoms with Crippen molar-refractivity contribution < 1.29 is 9.53 Å². The Hall–Kier alpha value is -2.27. The number of anilines is 1. The second kappa shape index (κ2) is 8.90. The van der Waals surface area contributed by atoms with Gasteiger partial charge in [0.1, 0.15) is 12.4 Å². The SMILES string of the molecule is Cc1cccnc1NCC1CCN(C(=O)OCc2ccc(Cl)cc2)CC1. The first-order chi connectivity index (χ1) is 12.6. The van der Waals surface area contributed by atoms with Crippen molar-refractivity contribution in [1.29, 1.82) is 0 Å². The van der Waals surface area contributed by atoms with Crippen LogP contribution in [0.1, 0.15) is 24.0 Å². The van der Waals surface area contributed by atoms with Crippen LogP contribution in [0.15, 0.2) is 42.6 Å². The van der Waals surface area contributed by atoms with Crippen LogP contribution in [0.2, 0.25) is 5.02 Å². The summed E-state index contributed by atoms with van der Waals surface area (Å²) in [6, 6.07) is 11.3. The lowest BCUT2D eigenvalue weighted by molar-refractivity contribution is 0.0832. The number of nitrogens with zero attached hydrogens (tertiary/aromatic N) is 2. The van der Waals surface area contributed by atoms with Gasteiger partial charge in [-0.25, -0.2) is 9.78 Å². The summed E-state index contributed by atoms with van der Waals surface area (Å²) < 4.78 is 5.41. The number of halogens is 1. The minimum Gasteiger partial charge on any atom is -0.445 e. The van der Waals surface area contributed by atoms with Gasteiger partial charge in [0.05, 0.1) is 0 Å². The van der Waals surface area contributed by atoms with Crippen LogP contribution in [0.5, 0.6) is 0 Å². The molecule has 3 rings (SSSR count). The molecule has 2 aromatic rings. The van der Waals surface area contributed by atoms with Crippen LogP contribution < -0.4 is 5.32 Å². The molecule has 1 N–H and O–H groups in total. The topological polar surface area (TPSA) is 54.5 Å². The van der Waals surface area contributed by atoms with E-state index in [1.54, 1.807) is 23.2 Å². The van der Waals surface area contributed by atoms with E-state index in [2.05, 4.69) is 23.3 Å². The van der Waals surface area contributed by atoms with Crippen LogP contribution in [0, 0.1) is 12.8 Å². The number of likely N-dealkylation sites (tertiary alicyclic amines) is 1. The molecule has 1 aromatic carbocycles. The Balaban J connectivity index is 1.39. The van der Waals surface area contributed by atoms with Crippen molar-refractivity contribution in [2.45, 2.75) is 26.4 Å². The summed E-state index contributed by atoms with van der Waals surface area (Å²) in [5.74, 6) is 1.48. The molecule has 1 aliphatic heterocycles. The van der Waals surface area contributed by atoms with Crippen molar-refractivity contribution in [3.8, 4) is 0 Å². The molecule has 1 aromatic heterocycles. The minimum absolute atomic E-state index is 0.244. The lowest BCUT2D eigenvalue weighted by Gasteiger charge is -2.31. The van der Waals surface area contributed by atoms with Crippen molar-refractivity contribution in [2.75, 3.05) is 25.0 Å². The fraction of sp³-hybridized carbons (Fsp3) is 0.400. The molecule has 0 atom stereocenters. The summed E-state index contributed by atoms with van der Waals surface area (Å²) in [6.45, 7) is 4.66. The molecular weight excluding hydrogens is 350 g/mol. The number of nitrogens with one attached hydrogen (secondary N) is 1. The zero-order valence-corrected chi connectivity index (χ0v) is 15.7. The first kappa shape index (κ1) is 18.5. The van der Waals surface area contributed by atoms with Gasteiger partial charge in [0.15, 0.2) is 0 Å². The largest absolute Gasteiger partial charge is 0.445 e. The molecule has 6 heteroatoms. The van der Waals surface area contributed by atoms with Crippen LogP contribution >= 0.6 is 11.6 Å². The van der Waals surface area contributed by atoms with E-state index in [1.165, 1.54) is 0 Å². The monoisotopic (exact) mass is 373 g/mol. The third-order valence-electron chi connectivity index (χ3n) is 4.72. The number of benzene rings is 1. The Morgan fingerprint density at radius 1 is 1.27 bits per heavy atom. The fourth-order valence-corrected chi connectivity index (χ4v) is 3.17. The number of rotatable bonds is 5. The second-order valence-electron chi connectivity index (χ2n) is 6.66. The number of aryl methyl sites for hydroxylation is 1. The highest BCUT2D eigenvalue weighted by atomic mass is 35.5. The summed E-state index contributed by atoms with van der Waals surface area (Å²) in [5.41, 5.74) is 2.09. The predicted octanol–water partition coefficient (Wildman–Crippen LogP) is 4.50. The van der Waals surface area contributed by atoms with E-state index in [4.69, 9.17) is 16.3 Å². The maximum absolute atomic E-state index is 12.2. The van der Waals surface area contributed by atoms with Crippen molar-refractivity contribution in [3.63, 3.8) is 0 Å². The number of amides is 1. The third-order valence-corrected chi connectivity index (χ3v) is 4.97. The van der Waals surface area contributed by atoms with Crippen LogP contribution in [-0.2, 0) is 11.3 Å². The van der Waals surface area contributed by atoms with Crippen LogP contribution in [0.25, 0.3) is 0 Å². The molecule has 26 heavy (non-hydrogen) atoms. The van der Waals surface area contributed by atoms with Gasteiger partial charge in [-0.2, -0.15) is 0 Å². The van der Waals surface area contributed by atoms with Gasteiger partial charge < -0.3 is 15.0 Å². The number of carbonyl (C=O) groups is 1. The zero-order valence-electron chi connectivity index (χ0n) is 15.0. The first-order valence-corrected chi connectivity index (χ1v) is 9.31. The number of aromatic nitrogens is 1. The van der Waals surface area contributed by atoms with Gasteiger partial charge in [-0.3, -0.25) is 0 Å². The van der Waals surface area contributed by atoms with Crippen molar-refractivity contribution >= 4 is 23.5 Å². The van der Waals surface area contributed by atoms with E-state index in [0.29, 0.717) is 10.9 Å². The predicted molar refractivity (Wildman–Crippen MR) is 103 cm³/mol. The van der Waals surface area contributed by atoms with Crippen molar-refractivity contribution in [2.24, 2.45) is 5.92 Å². The van der Waals surface area contributed by atoms with Crippen molar-refractivity contribution in [1.82, 2.24) is 9.88 Å². The van der Waals surface area contributed by atoms with E-state index in [0.717, 1.165) is 49.4 Å². The Kier molecular flexibility index (Phi) is 6.34. The zero-order chi connectivity index (χ0) is 18.4. The van der Waals surface area contributed by atoms with Crippen LogP contribution in [-0.4, -0.2) is 35.6 Å². The van der Waals surface area contributed by atoms with Crippen LogP contribution in [0.3, 0.4) is 0 Å². The molecule has 0 bridgehead atoms. The molecule has 138 valence electrons. The Labute approximate surface area is 159 Å². The third kappa shape index (κ3) is 5.11. The number of pyridine rings is 1. The normalized spacial score (nSPS) is 14.9. The molecule has 2 heterocycles. The highest BCUT2D eigenvalue weighted by Gasteiger charge is 2.23. The van der Waals surface area contributed by atoms with Gasteiger partial charge in [-0.05, 0) is 55.0 Å². The summed E-state index contributed by atoms with van der Waals surface area (Å²) in [4.78, 5) is 18.4. The molecule has 5 nitrogen and oxygen atoms in total. The molecule has 0 radical (unpaired) electrons. The summed E-state index contributed by atoms with van der Waals surface area (Å²) in [6.07, 6.45) is 3.49. The average Bonchev–Trinajstić information content (AvgIpc) is 2.67.